The van der Waals surface area contributed by atoms with Crippen LogP contribution in [-0.4, -0.2) is 29.1 Å². The number of sulfone groups is 1. The van der Waals surface area contributed by atoms with Crippen LogP contribution in [0.4, 0.5) is 0 Å². The molecule has 2 aromatic heterocycles. The molecule has 0 saturated heterocycles. The molecule has 0 bridgehead atoms. The minimum absolute atomic E-state index is 0.00367. The number of aryl methyl sites for hydroxylation is 1. The van der Waals surface area contributed by atoms with E-state index in [1.54, 1.807) is 11.4 Å². The van der Waals surface area contributed by atoms with E-state index in [1.807, 2.05) is 23.2 Å². The predicted molar refractivity (Wildman–Crippen MR) is 106 cm³/mol. The predicted octanol–water partition coefficient (Wildman–Crippen LogP) is 2.98. The van der Waals surface area contributed by atoms with Crippen LogP contribution >= 0.6 is 11.3 Å². The van der Waals surface area contributed by atoms with E-state index in [-0.39, 0.29) is 18.3 Å². The number of aromatic nitrogens is 2. The van der Waals surface area contributed by atoms with Gasteiger partial charge in [-0.2, -0.15) is 16.4 Å². The van der Waals surface area contributed by atoms with Crippen LogP contribution in [0.1, 0.15) is 27.9 Å². The first-order chi connectivity index (χ1) is 12.9. The molecule has 1 aliphatic carbocycles. The number of rotatable bonds is 6. The van der Waals surface area contributed by atoms with Crippen LogP contribution in [0.25, 0.3) is 0 Å². The lowest BCUT2D eigenvalue weighted by molar-refractivity contribution is 0.281. The number of hydrogen-bond acceptors (Lipinski definition) is 5. The molecule has 5 nitrogen and oxygen atoms in total. The molecule has 1 N–H and O–H groups in total. The van der Waals surface area contributed by atoms with Crippen molar-refractivity contribution >= 4 is 21.2 Å². The second kappa shape index (κ2) is 7.22. The molecule has 0 spiro atoms. The zero-order valence-electron chi connectivity index (χ0n) is 15.1. The van der Waals surface area contributed by atoms with E-state index in [0.717, 1.165) is 29.7 Å². The maximum absolute atomic E-state index is 12.5. The highest BCUT2D eigenvalue weighted by molar-refractivity contribution is 7.91. The summed E-state index contributed by atoms with van der Waals surface area (Å²) in [5.41, 5.74) is 5.32. The second-order valence-corrected chi connectivity index (χ2v) is 10.0. The van der Waals surface area contributed by atoms with E-state index < -0.39 is 9.84 Å². The summed E-state index contributed by atoms with van der Waals surface area (Å²) in [5.74, 6) is 0.333. The summed E-state index contributed by atoms with van der Waals surface area (Å²) >= 11 is 1.42. The summed E-state index contributed by atoms with van der Waals surface area (Å²) in [6, 6.07) is 8.06. The van der Waals surface area contributed by atoms with Gasteiger partial charge in [0.25, 0.3) is 0 Å². The monoisotopic (exact) mass is 402 g/mol. The SMILES string of the molecule is Cc1nn(Cc2ccc3c(c2)C[C@H](CS(=O)(=O)c2ccsc2)C3)cc1CO. The Kier molecular flexibility index (Phi) is 4.92. The van der Waals surface area contributed by atoms with Gasteiger partial charge in [-0.1, -0.05) is 18.2 Å². The topological polar surface area (TPSA) is 72.2 Å². The molecule has 1 aliphatic rings. The zero-order chi connectivity index (χ0) is 19.0. The molecule has 1 atom stereocenters. The molecule has 27 heavy (non-hydrogen) atoms. The van der Waals surface area contributed by atoms with Crippen molar-refractivity contribution in [1.82, 2.24) is 9.78 Å². The summed E-state index contributed by atoms with van der Waals surface area (Å²) in [6.07, 6.45) is 3.49. The lowest BCUT2D eigenvalue weighted by atomic mass is 10.1. The summed E-state index contributed by atoms with van der Waals surface area (Å²) in [6.45, 7) is 2.53. The Bertz CT molecular complexity index is 1050. The van der Waals surface area contributed by atoms with Crippen molar-refractivity contribution < 1.29 is 13.5 Å². The molecule has 0 fully saturated rings. The summed E-state index contributed by atoms with van der Waals surface area (Å²) in [4.78, 5) is 0.442. The number of benzene rings is 1. The van der Waals surface area contributed by atoms with Gasteiger partial charge >= 0.3 is 0 Å². The quantitative estimate of drug-likeness (QED) is 0.688. The third kappa shape index (κ3) is 3.85. The Labute approximate surface area is 163 Å². The fourth-order valence-corrected chi connectivity index (χ4v) is 6.48. The fraction of sp³-hybridized carbons (Fsp3) is 0.350. The van der Waals surface area contributed by atoms with Crippen LogP contribution < -0.4 is 0 Å². The third-order valence-electron chi connectivity index (χ3n) is 5.16. The van der Waals surface area contributed by atoms with Crippen LogP contribution in [0.3, 0.4) is 0 Å². The molecular weight excluding hydrogens is 380 g/mol. The second-order valence-electron chi connectivity index (χ2n) is 7.21. The summed E-state index contributed by atoms with van der Waals surface area (Å²) in [5, 5.41) is 17.3. The molecule has 0 saturated carbocycles. The minimum atomic E-state index is -3.21. The van der Waals surface area contributed by atoms with Crippen molar-refractivity contribution in [2.24, 2.45) is 5.92 Å². The van der Waals surface area contributed by atoms with Crippen molar-refractivity contribution in [3.05, 3.63) is 69.2 Å². The van der Waals surface area contributed by atoms with Gasteiger partial charge in [0.05, 0.1) is 29.5 Å². The number of nitrogens with zero attached hydrogens (tertiary/aromatic N) is 2. The Balaban J connectivity index is 1.47. The van der Waals surface area contributed by atoms with Crippen molar-refractivity contribution in [1.29, 1.82) is 0 Å². The van der Waals surface area contributed by atoms with E-state index in [0.29, 0.717) is 11.4 Å². The van der Waals surface area contributed by atoms with E-state index in [2.05, 4.69) is 23.3 Å². The van der Waals surface area contributed by atoms with Gasteiger partial charge in [-0.15, -0.1) is 0 Å². The number of fused-ring (bicyclic) bond motifs is 1. The van der Waals surface area contributed by atoms with Gasteiger partial charge in [-0.25, -0.2) is 8.42 Å². The maximum Gasteiger partial charge on any atom is 0.179 e. The smallest absolute Gasteiger partial charge is 0.179 e. The molecule has 142 valence electrons. The van der Waals surface area contributed by atoms with Crippen molar-refractivity contribution in [3.8, 4) is 0 Å². The Morgan fingerprint density at radius 3 is 2.78 bits per heavy atom. The van der Waals surface area contributed by atoms with E-state index >= 15 is 0 Å². The average molecular weight is 403 g/mol. The Hall–Kier alpha value is -1.96. The molecule has 0 aliphatic heterocycles. The maximum atomic E-state index is 12.5. The lowest BCUT2D eigenvalue weighted by Crippen LogP contribution is -2.16. The summed E-state index contributed by atoms with van der Waals surface area (Å²) in [7, 11) is -3.21. The van der Waals surface area contributed by atoms with E-state index in [1.165, 1.54) is 22.5 Å². The van der Waals surface area contributed by atoms with Gasteiger partial charge in [0.15, 0.2) is 9.84 Å². The molecule has 4 rings (SSSR count). The lowest BCUT2D eigenvalue weighted by Gasteiger charge is -2.08. The highest BCUT2D eigenvalue weighted by Gasteiger charge is 2.27. The molecule has 0 unspecified atom stereocenters. The molecular formula is C20H22N2O3S2. The van der Waals surface area contributed by atoms with E-state index in [9.17, 15) is 13.5 Å². The van der Waals surface area contributed by atoms with Crippen LogP contribution in [0.2, 0.25) is 0 Å². The minimum Gasteiger partial charge on any atom is -0.392 e. The molecule has 0 radical (unpaired) electrons. The number of aliphatic hydroxyl groups excluding tert-OH is 1. The fourth-order valence-electron chi connectivity index (χ4n) is 3.80. The number of thiophene rings is 1. The average Bonchev–Trinajstić information content (AvgIpc) is 3.33. The molecule has 7 heteroatoms. The number of aliphatic hydroxyl groups is 1. The first kappa shape index (κ1) is 18.4. The molecule has 0 amide bonds. The molecule has 2 heterocycles. The van der Waals surface area contributed by atoms with Gasteiger partial charge in [0.1, 0.15) is 0 Å². The largest absolute Gasteiger partial charge is 0.392 e. The zero-order valence-corrected chi connectivity index (χ0v) is 16.8. The highest BCUT2D eigenvalue weighted by atomic mass is 32.2. The van der Waals surface area contributed by atoms with Gasteiger partial charge in [0, 0.05) is 17.1 Å². The molecule has 3 aromatic rings. The van der Waals surface area contributed by atoms with Crippen molar-refractivity contribution in [2.75, 3.05) is 5.75 Å². The van der Waals surface area contributed by atoms with Gasteiger partial charge in [0.2, 0.25) is 0 Å². The van der Waals surface area contributed by atoms with Crippen LogP contribution in [-0.2, 0) is 35.8 Å². The standard InChI is InChI=1S/C20H22N2O3S2/c1-14-19(11-23)10-22(21-14)9-15-2-3-17-7-16(8-18(17)6-15)13-27(24,25)20-4-5-26-12-20/h2-6,10,12,16,23H,7-9,11,13H2,1H3/t16-/m1/s1. The third-order valence-corrected chi connectivity index (χ3v) is 7.87. The highest BCUT2D eigenvalue weighted by Crippen LogP contribution is 2.30. The van der Waals surface area contributed by atoms with Gasteiger partial charge in [-0.3, -0.25) is 4.68 Å². The van der Waals surface area contributed by atoms with Gasteiger partial charge in [-0.05, 0) is 53.8 Å². The number of hydrogen-bond donors (Lipinski definition) is 1. The Morgan fingerprint density at radius 2 is 2.07 bits per heavy atom. The Morgan fingerprint density at radius 1 is 1.26 bits per heavy atom. The summed E-state index contributed by atoms with van der Waals surface area (Å²) < 4.78 is 26.9. The van der Waals surface area contributed by atoms with Gasteiger partial charge < -0.3 is 5.11 Å². The van der Waals surface area contributed by atoms with Crippen LogP contribution in [0.5, 0.6) is 0 Å². The van der Waals surface area contributed by atoms with Crippen LogP contribution in [0.15, 0.2) is 46.1 Å². The normalized spacial score (nSPS) is 16.6. The molecule has 1 aromatic carbocycles. The van der Waals surface area contributed by atoms with Crippen molar-refractivity contribution in [2.45, 2.75) is 37.8 Å². The first-order valence-corrected chi connectivity index (χ1v) is 11.5. The van der Waals surface area contributed by atoms with Crippen LogP contribution in [0, 0.1) is 12.8 Å². The van der Waals surface area contributed by atoms with Crippen molar-refractivity contribution in [3.63, 3.8) is 0 Å². The first-order valence-electron chi connectivity index (χ1n) is 8.94. The van der Waals surface area contributed by atoms with E-state index in [4.69, 9.17) is 0 Å².